The molecule has 0 saturated heterocycles. The third-order valence-electron chi connectivity index (χ3n) is 2.35. The summed E-state index contributed by atoms with van der Waals surface area (Å²) in [4.78, 5) is 21.6. The van der Waals surface area contributed by atoms with Gasteiger partial charge in [0.15, 0.2) is 6.29 Å². The normalized spacial score (nSPS) is 10.3. The Kier molecular flexibility index (Phi) is 2.62. The first kappa shape index (κ1) is 10.6. The van der Waals surface area contributed by atoms with Gasteiger partial charge in [0.1, 0.15) is 0 Å². The van der Waals surface area contributed by atoms with Gasteiger partial charge in [-0.25, -0.2) is 0 Å². The van der Waals surface area contributed by atoms with E-state index in [0.717, 1.165) is 0 Å². The van der Waals surface area contributed by atoms with Crippen LogP contribution in [0.15, 0.2) is 35.2 Å². The van der Waals surface area contributed by atoms with Crippen molar-refractivity contribution in [3.05, 3.63) is 46.0 Å². The Morgan fingerprint density at radius 1 is 1.25 bits per heavy atom. The summed E-state index contributed by atoms with van der Waals surface area (Å²) in [5, 5.41) is 12.0. The Morgan fingerprint density at radius 3 is 2.44 bits per heavy atom. The predicted molar refractivity (Wildman–Crippen MR) is 63.2 cm³/mol. The zero-order chi connectivity index (χ0) is 11.7. The molecule has 0 N–H and O–H groups in total. The molecule has 2 rings (SSSR count). The molecular weight excluding hydrogens is 226 g/mol. The third kappa shape index (κ3) is 1.55. The van der Waals surface area contributed by atoms with Crippen LogP contribution >= 0.6 is 12.6 Å². The molecule has 0 radical (unpaired) electrons. The van der Waals surface area contributed by atoms with Crippen LogP contribution in [0.5, 0.6) is 0 Å². The van der Waals surface area contributed by atoms with Gasteiger partial charge in [-0.3, -0.25) is 14.9 Å². The van der Waals surface area contributed by atoms with E-state index in [1.165, 1.54) is 6.07 Å². The van der Waals surface area contributed by atoms with Crippen molar-refractivity contribution in [2.45, 2.75) is 4.90 Å². The van der Waals surface area contributed by atoms with Crippen LogP contribution in [-0.2, 0) is 0 Å². The molecule has 0 aromatic heterocycles. The largest absolute Gasteiger partial charge is 0.298 e. The summed E-state index contributed by atoms with van der Waals surface area (Å²) in [7, 11) is 0. The van der Waals surface area contributed by atoms with Gasteiger partial charge in [-0.05, 0) is 6.07 Å². The van der Waals surface area contributed by atoms with E-state index < -0.39 is 4.92 Å². The number of carbonyl (C=O) groups excluding carboxylic acids is 1. The second kappa shape index (κ2) is 3.94. The quantitative estimate of drug-likeness (QED) is 0.375. The number of non-ortho nitro benzene ring substituents is 1. The molecule has 0 heterocycles. The van der Waals surface area contributed by atoms with Crippen LogP contribution in [0.1, 0.15) is 10.4 Å². The first-order chi connectivity index (χ1) is 7.65. The number of thiol groups is 1. The number of fused-ring (bicyclic) bond motifs is 1. The van der Waals surface area contributed by atoms with Crippen molar-refractivity contribution >= 4 is 35.4 Å². The molecule has 4 nitrogen and oxygen atoms in total. The van der Waals surface area contributed by atoms with Crippen LogP contribution in [0.4, 0.5) is 5.69 Å². The Hall–Kier alpha value is -1.88. The van der Waals surface area contributed by atoms with E-state index in [-0.39, 0.29) is 11.3 Å². The molecule has 0 unspecified atom stereocenters. The van der Waals surface area contributed by atoms with Gasteiger partial charge in [0, 0.05) is 21.9 Å². The van der Waals surface area contributed by atoms with Crippen molar-refractivity contribution in [1.29, 1.82) is 0 Å². The summed E-state index contributed by atoms with van der Waals surface area (Å²) in [6.07, 6.45) is 0.571. The highest BCUT2D eigenvalue weighted by Gasteiger charge is 2.16. The fraction of sp³-hybridized carbons (Fsp3) is 0. The lowest BCUT2D eigenvalue weighted by atomic mass is 10.1. The number of hydrogen-bond acceptors (Lipinski definition) is 4. The first-order valence-corrected chi connectivity index (χ1v) is 4.94. The summed E-state index contributed by atoms with van der Waals surface area (Å²) >= 11 is 4.21. The lowest BCUT2D eigenvalue weighted by Gasteiger charge is -2.04. The molecular formula is C11H7NO3S. The maximum Gasteiger partial charge on any atom is 0.277 e. The van der Waals surface area contributed by atoms with E-state index in [9.17, 15) is 14.9 Å². The van der Waals surface area contributed by atoms with Crippen LogP contribution in [-0.4, -0.2) is 11.2 Å². The maximum atomic E-state index is 10.9. The van der Waals surface area contributed by atoms with Gasteiger partial charge in [-0.2, -0.15) is 0 Å². The highest BCUT2D eigenvalue weighted by atomic mass is 32.1. The van der Waals surface area contributed by atoms with Gasteiger partial charge >= 0.3 is 0 Å². The van der Waals surface area contributed by atoms with E-state index in [2.05, 4.69) is 12.6 Å². The van der Waals surface area contributed by atoms with Crippen LogP contribution in [0.3, 0.4) is 0 Å². The van der Waals surface area contributed by atoms with Crippen molar-refractivity contribution < 1.29 is 9.72 Å². The highest BCUT2D eigenvalue weighted by molar-refractivity contribution is 7.80. The summed E-state index contributed by atoms with van der Waals surface area (Å²) < 4.78 is 0. The minimum absolute atomic E-state index is 0.0736. The van der Waals surface area contributed by atoms with Crippen LogP contribution in [0.25, 0.3) is 10.8 Å². The molecule has 0 bridgehead atoms. The summed E-state index contributed by atoms with van der Waals surface area (Å²) in [5.41, 5.74) is 0.157. The van der Waals surface area contributed by atoms with Crippen molar-refractivity contribution in [2.24, 2.45) is 0 Å². The lowest BCUT2D eigenvalue weighted by Crippen LogP contribution is -1.94. The maximum absolute atomic E-state index is 10.9. The number of carbonyl (C=O) groups is 1. The predicted octanol–water partition coefficient (Wildman–Crippen LogP) is 2.85. The standard InChI is InChI=1S/C11H7NO3S/c13-6-7-5-10(12(14)15)8-3-1-2-4-9(8)11(7)16/h1-6,16H. The topological polar surface area (TPSA) is 60.2 Å². The average molecular weight is 233 g/mol. The van der Waals surface area contributed by atoms with E-state index in [0.29, 0.717) is 22.0 Å². The molecule has 2 aromatic carbocycles. The van der Waals surface area contributed by atoms with Gasteiger partial charge < -0.3 is 0 Å². The Balaban J connectivity index is 2.95. The van der Waals surface area contributed by atoms with E-state index in [4.69, 9.17) is 0 Å². The number of nitro benzene ring substituents is 1. The fourth-order valence-corrected chi connectivity index (χ4v) is 1.92. The third-order valence-corrected chi connectivity index (χ3v) is 2.85. The van der Waals surface area contributed by atoms with Crippen molar-refractivity contribution in [3.8, 4) is 0 Å². The number of nitro groups is 1. The molecule has 0 aliphatic carbocycles. The summed E-state index contributed by atoms with van der Waals surface area (Å²) in [5.74, 6) is 0. The van der Waals surface area contributed by atoms with Gasteiger partial charge in [0.25, 0.3) is 5.69 Å². The SMILES string of the molecule is O=Cc1cc([N+](=O)[O-])c2ccccc2c1S. The molecule has 16 heavy (non-hydrogen) atoms. The number of nitrogens with zero attached hydrogens (tertiary/aromatic N) is 1. The second-order valence-electron chi connectivity index (χ2n) is 3.25. The lowest BCUT2D eigenvalue weighted by molar-refractivity contribution is -0.383. The Morgan fingerprint density at radius 2 is 1.88 bits per heavy atom. The van der Waals surface area contributed by atoms with Crippen molar-refractivity contribution in [1.82, 2.24) is 0 Å². The van der Waals surface area contributed by atoms with Crippen LogP contribution in [0, 0.1) is 10.1 Å². The molecule has 2 aromatic rings. The number of rotatable bonds is 2. The first-order valence-electron chi connectivity index (χ1n) is 4.49. The zero-order valence-corrected chi connectivity index (χ0v) is 8.98. The number of hydrogen-bond donors (Lipinski definition) is 1. The molecule has 0 fully saturated rings. The van der Waals surface area contributed by atoms with E-state index in [1.54, 1.807) is 24.3 Å². The van der Waals surface area contributed by atoms with Gasteiger partial charge in [-0.15, -0.1) is 12.6 Å². The molecule has 0 saturated carbocycles. The Bertz CT molecular complexity index is 595. The van der Waals surface area contributed by atoms with Crippen LogP contribution in [0.2, 0.25) is 0 Å². The zero-order valence-electron chi connectivity index (χ0n) is 8.08. The molecule has 5 heteroatoms. The number of aldehydes is 1. The smallest absolute Gasteiger partial charge is 0.277 e. The Labute approximate surface area is 96.4 Å². The molecule has 0 spiro atoms. The minimum Gasteiger partial charge on any atom is -0.298 e. The monoisotopic (exact) mass is 233 g/mol. The molecule has 0 amide bonds. The van der Waals surface area contributed by atoms with Gasteiger partial charge in [-0.1, -0.05) is 18.2 Å². The summed E-state index contributed by atoms with van der Waals surface area (Å²) in [6.45, 7) is 0. The minimum atomic E-state index is -0.497. The van der Waals surface area contributed by atoms with Crippen molar-refractivity contribution in [3.63, 3.8) is 0 Å². The van der Waals surface area contributed by atoms with Crippen LogP contribution < -0.4 is 0 Å². The molecule has 0 aliphatic rings. The molecule has 80 valence electrons. The van der Waals surface area contributed by atoms with Gasteiger partial charge in [0.2, 0.25) is 0 Å². The second-order valence-corrected chi connectivity index (χ2v) is 3.70. The van der Waals surface area contributed by atoms with Crippen molar-refractivity contribution in [2.75, 3.05) is 0 Å². The average Bonchev–Trinajstić information content (AvgIpc) is 2.29. The number of benzene rings is 2. The fourth-order valence-electron chi connectivity index (χ4n) is 1.60. The highest BCUT2D eigenvalue weighted by Crippen LogP contribution is 2.32. The summed E-state index contributed by atoms with van der Waals surface area (Å²) in [6, 6.07) is 8.06. The molecule has 0 aliphatic heterocycles. The van der Waals surface area contributed by atoms with Gasteiger partial charge in [0.05, 0.1) is 10.3 Å². The molecule has 0 atom stereocenters. The van der Waals surface area contributed by atoms with E-state index >= 15 is 0 Å². The van der Waals surface area contributed by atoms with E-state index in [1.807, 2.05) is 0 Å².